The van der Waals surface area contributed by atoms with Crippen molar-refractivity contribution in [1.29, 1.82) is 0 Å². The lowest BCUT2D eigenvalue weighted by Gasteiger charge is -2.04. The van der Waals surface area contributed by atoms with Crippen LogP contribution in [0.3, 0.4) is 0 Å². The second-order valence-electron chi connectivity index (χ2n) is 3.80. The van der Waals surface area contributed by atoms with Crippen LogP contribution in [0.15, 0.2) is 29.3 Å². The van der Waals surface area contributed by atoms with Gasteiger partial charge in [-0.05, 0) is 27.6 Å². The Morgan fingerprint density at radius 1 is 1.41 bits per heavy atom. The van der Waals surface area contributed by atoms with Crippen molar-refractivity contribution in [3.05, 3.63) is 40.6 Å². The molecule has 90 valence electrons. The number of nitrogens with zero attached hydrogens (tertiary/aromatic N) is 4. The Hall–Kier alpha value is -1.27. The highest BCUT2D eigenvalue weighted by Crippen LogP contribution is 2.08. The molecule has 0 amide bonds. The normalized spacial score (nSPS) is 10.7. The maximum atomic E-state index is 4.11. The van der Waals surface area contributed by atoms with Crippen LogP contribution < -0.4 is 5.32 Å². The zero-order chi connectivity index (χ0) is 12.1. The number of hydrogen-bond acceptors (Lipinski definition) is 4. The third kappa shape index (κ3) is 3.61. The average Bonchev–Trinajstić information content (AvgIpc) is 2.71. The predicted octanol–water partition coefficient (Wildman–Crippen LogP) is 1.30. The summed E-state index contributed by atoms with van der Waals surface area (Å²) in [4.78, 5) is 4.11. The van der Waals surface area contributed by atoms with E-state index in [4.69, 9.17) is 0 Å². The lowest BCUT2D eigenvalue weighted by molar-refractivity contribution is 0.652. The van der Waals surface area contributed by atoms with E-state index in [2.05, 4.69) is 42.5 Å². The van der Waals surface area contributed by atoms with Crippen molar-refractivity contribution in [3.8, 4) is 0 Å². The smallest absolute Gasteiger partial charge is 0.133 e. The van der Waals surface area contributed by atoms with Crippen LogP contribution in [0.25, 0.3) is 0 Å². The number of aryl methyl sites for hydroxylation is 1. The van der Waals surface area contributed by atoms with Crippen molar-refractivity contribution in [1.82, 2.24) is 25.1 Å². The summed E-state index contributed by atoms with van der Waals surface area (Å²) in [7, 11) is 1.95. The van der Waals surface area contributed by atoms with Crippen LogP contribution >= 0.6 is 15.9 Å². The minimum atomic E-state index is 0.810. The van der Waals surface area contributed by atoms with E-state index in [1.165, 1.54) is 0 Å². The van der Waals surface area contributed by atoms with Crippen LogP contribution in [0.5, 0.6) is 0 Å². The first kappa shape index (κ1) is 12.2. The average molecular weight is 296 g/mol. The molecule has 0 aromatic carbocycles. The number of hydrogen-bond donors (Lipinski definition) is 1. The van der Waals surface area contributed by atoms with Gasteiger partial charge in [0.25, 0.3) is 0 Å². The van der Waals surface area contributed by atoms with Gasteiger partial charge in [0.2, 0.25) is 0 Å². The molecule has 6 heteroatoms. The van der Waals surface area contributed by atoms with Crippen LogP contribution in [0.1, 0.15) is 11.4 Å². The lowest BCUT2D eigenvalue weighted by Crippen LogP contribution is -2.18. The molecule has 5 nitrogen and oxygen atoms in total. The first-order chi connectivity index (χ1) is 8.25. The molecular formula is C11H14BrN5. The first-order valence-corrected chi connectivity index (χ1v) is 6.18. The Morgan fingerprint density at radius 2 is 2.29 bits per heavy atom. The van der Waals surface area contributed by atoms with Gasteiger partial charge in [-0.25, -0.2) is 0 Å². The maximum Gasteiger partial charge on any atom is 0.133 e. The van der Waals surface area contributed by atoms with Gasteiger partial charge in [-0.1, -0.05) is 0 Å². The van der Waals surface area contributed by atoms with E-state index in [0.717, 1.165) is 35.4 Å². The standard InChI is InChI=1S/C11H14BrN5/c1-17-8-15-16-11(17)2-3-13-5-9-4-10(12)7-14-6-9/h4,6-8,13H,2-3,5H2,1H3. The third-order valence-electron chi connectivity index (χ3n) is 2.42. The summed E-state index contributed by atoms with van der Waals surface area (Å²) in [5.41, 5.74) is 1.16. The van der Waals surface area contributed by atoms with Crippen molar-refractivity contribution < 1.29 is 0 Å². The fourth-order valence-corrected chi connectivity index (χ4v) is 1.93. The molecule has 0 spiro atoms. The topological polar surface area (TPSA) is 55.6 Å². The van der Waals surface area contributed by atoms with Crippen molar-refractivity contribution in [2.24, 2.45) is 7.05 Å². The van der Waals surface area contributed by atoms with E-state index in [-0.39, 0.29) is 0 Å². The number of pyridine rings is 1. The van der Waals surface area contributed by atoms with Crippen LogP contribution in [-0.4, -0.2) is 26.3 Å². The van der Waals surface area contributed by atoms with Gasteiger partial charge in [-0.2, -0.15) is 0 Å². The van der Waals surface area contributed by atoms with E-state index in [1.54, 1.807) is 12.5 Å². The number of aromatic nitrogens is 4. The van der Waals surface area contributed by atoms with Gasteiger partial charge in [0, 0.05) is 43.4 Å². The molecule has 0 atom stereocenters. The molecule has 0 aliphatic carbocycles. The van der Waals surface area contributed by atoms with Crippen LogP contribution in [0.4, 0.5) is 0 Å². The van der Waals surface area contributed by atoms with Crippen molar-refractivity contribution in [3.63, 3.8) is 0 Å². The Balaban J connectivity index is 1.75. The molecule has 0 saturated carbocycles. The maximum absolute atomic E-state index is 4.11. The quantitative estimate of drug-likeness (QED) is 0.845. The second-order valence-corrected chi connectivity index (χ2v) is 4.71. The summed E-state index contributed by atoms with van der Waals surface area (Å²) >= 11 is 3.40. The zero-order valence-corrected chi connectivity index (χ0v) is 11.2. The highest BCUT2D eigenvalue weighted by molar-refractivity contribution is 9.10. The van der Waals surface area contributed by atoms with E-state index >= 15 is 0 Å². The fourth-order valence-electron chi connectivity index (χ4n) is 1.52. The fraction of sp³-hybridized carbons (Fsp3) is 0.364. The van der Waals surface area contributed by atoms with E-state index in [9.17, 15) is 0 Å². The second kappa shape index (κ2) is 5.88. The highest BCUT2D eigenvalue weighted by Gasteiger charge is 2.00. The van der Waals surface area contributed by atoms with Gasteiger partial charge in [-0.15, -0.1) is 10.2 Å². The molecular weight excluding hydrogens is 282 g/mol. The molecule has 2 aromatic heterocycles. The molecule has 0 aliphatic rings. The predicted molar refractivity (Wildman–Crippen MR) is 68.4 cm³/mol. The zero-order valence-electron chi connectivity index (χ0n) is 9.60. The number of halogens is 1. The molecule has 0 fully saturated rings. The van der Waals surface area contributed by atoms with E-state index < -0.39 is 0 Å². The minimum Gasteiger partial charge on any atom is -0.321 e. The van der Waals surface area contributed by atoms with Crippen LogP contribution in [0, 0.1) is 0 Å². The van der Waals surface area contributed by atoms with Gasteiger partial charge in [0.1, 0.15) is 12.2 Å². The van der Waals surface area contributed by atoms with Gasteiger partial charge >= 0.3 is 0 Å². The van der Waals surface area contributed by atoms with Crippen molar-refractivity contribution in [2.75, 3.05) is 6.54 Å². The molecule has 17 heavy (non-hydrogen) atoms. The molecule has 0 aliphatic heterocycles. The van der Waals surface area contributed by atoms with Gasteiger partial charge in [0.05, 0.1) is 0 Å². The monoisotopic (exact) mass is 295 g/mol. The number of nitrogens with one attached hydrogen (secondary N) is 1. The van der Waals surface area contributed by atoms with E-state index in [1.807, 2.05) is 17.8 Å². The summed E-state index contributed by atoms with van der Waals surface area (Å²) in [6, 6.07) is 2.06. The molecule has 2 rings (SSSR count). The molecule has 2 heterocycles. The highest BCUT2D eigenvalue weighted by atomic mass is 79.9. The Bertz CT molecular complexity index is 482. The summed E-state index contributed by atoms with van der Waals surface area (Å²) in [5, 5.41) is 11.2. The van der Waals surface area contributed by atoms with Crippen molar-refractivity contribution in [2.45, 2.75) is 13.0 Å². The Morgan fingerprint density at radius 3 is 3.00 bits per heavy atom. The molecule has 0 bridgehead atoms. The van der Waals surface area contributed by atoms with Crippen LogP contribution in [-0.2, 0) is 20.0 Å². The summed E-state index contributed by atoms with van der Waals surface area (Å²) in [5.74, 6) is 0.991. The van der Waals surface area contributed by atoms with Crippen LogP contribution in [0.2, 0.25) is 0 Å². The Kier molecular flexibility index (Phi) is 4.22. The largest absolute Gasteiger partial charge is 0.321 e. The third-order valence-corrected chi connectivity index (χ3v) is 2.85. The lowest BCUT2D eigenvalue weighted by atomic mass is 10.3. The summed E-state index contributed by atoms with van der Waals surface area (Å²) in [6.07, 6.45) is 6.23. The molecule has 1 N–H and O–H groups in total. The molecule has 0 saturated heterocycles. The van der Waals surface area contributed by atoms with Gasteiger partial charge < -0.3 is 9.88 Å². The summed E-state index contributed by atoms with van der Waals surface area (Å²) < 4.78 is 2.94. The first-order valence-electron chi connectivity index (χ1n) is 5.39. The molecule has 0 radical (unpaired) electrons. The molecule has 0 unspecified atom stereocenters. The van der Waals surface area contributed by atoms with Gasteiger partial charge in [-0.3, -0.25) is 4.98 Å². The number of rotatable bonds is 5. The van der Waals surface area contributed by atoms with E-state index in [0.29, 0.717) is 0 Å². The summed E-state index contributed by atoms with van der Waals surface area (Å²) in [6.45, 7) is 1.68. The molecule has 2 aromatic rings. The Labute approximate surface area is 108 Å². The van der Waals surface area contributed by atoms with Crippen molar-refractivity contribution >= 4 is 15.9 Å². The minimum absolute atomic E-state index is 0.810. The SMILES string of the molecule is Cn1cnnc1CCNCc1cncc(Br)c1. The van der Waals surface area contributed by atoms with Gasteiger partial charge in [0.15, 0.2) is 0 Å².